The third kappa shape index (κ3) is 5.06. The van der Waals surface area contributed by atoms with Crippen molar-refractivity contribution in [2.24, 2.45) is 0 Å². The number of ether oxygens (including phenoxy) is 1. The van der Waals surface area contributed by atoms with Gasteiger partial charge in [0.2, 0.25) is 20.0 Å². The van der Waals surface area contributed by atoms with E-state index in [-0.39, 0.29) is 35.2 Å². The number of benzene rings is 2. The van der Waals surface area contributed by atoms with Crippen molar-refractivity contribution in [3.05, 3.63) is 53.8 Å². The molecule has 2 aromatic carbocycles. The first-order chi connectivity index (χ1) is 13.7. The van der Waals surface area contributed by atoms with Gasteiger partial charge in [-0.15, -0.1) is 0 Å². The maximum absolute atomic E-state index is 13.0. The van der Waals surface area contributed by atoms with Gasteiger partial charge in [0.1, 0.15) is 16.5 Å². The van der Waals surface area contributed by atoms with Gasteiger partial charge in [0.25, 0.3) is 0 Å². The molecule has 10 heteroatoms. The molecule has 3 rings (SSSR count). The number of hydrogen-bond donors (Lipinski definition) is 1. The third-order valence-electron chi connectivity index (χ3n) is 4.53. The number of nitrogens with one attached hydrogen (secondary N) is 1. The van der Waals surface area contributed by atoms with E-state index in [4.69, 9.17) is 4.74 Å². The largest absolute Gasteiger partial charge is 0.492 e. The Hall–Kier alpha value is -2.17. The lowest BCUT2D eigenvalue weighted by Gasteiger charge is -2.28. The number of nitrogens with zero attached hydrogens (tertiary/aromatic N) is 1. The van der Waals surface area contributed by atoms with E-state index in [1.165, 1.54) is 40.7 Å². The second-order valence-electron chi connectivity index (χ2n) is 6.61. The molecule has 0 saturated carbocycles. The minimum Gasteiger partial charge on any atom is -0.492 e. The molecular weight excluding hydrogens is 419 g/mol. The maximum Gasteiger partial charge on any atom is 0.244 e. The van der Waals surface area contributed by atoms with Crippen molar-refractivity contribution in [1.82, 2.24) is 4.72 Å². The van der Waals surface area contributed by atoms with E-state index in [9.17, 15) is 21.2 Å². The van der Waals surface area contributed by atoms with Crippen LogP contribution in [0.25, 0.3) is 0 Å². The zero-order valence-electron chi connectivity index (χ0n) is 16.0. The molecule has 0 bridgehead atoms. The van der Waals surface area contributed by atoms with Crippen LogP contribution in [0.3, 0.4) is 0 Å². The normalized spacial score (nSPS) is 16.6. The molecule has 0 unspecified atom stereocenters. The molecule has 29 heavy (non-hydrogen) atoms. The van der Waals surface area contributed by atoms with Crippen LogP contribution in [-0.4, -0.2) is 35.7 Å². The van der Waals surface area contributed by atoms with Gasteiger partial charge < -0.3 is 4.74 Å². The Kier molecular flexibility index (Phi) is 6.45. The summed E-state index contributed by atoms with van der Waals surface area (Å²) in [6, 6.07) is 9.80. The summed E-state index contributed by atoms with van der Waals surface area (Å²) in [4.78, 5) is -0.139. The fourth-order valence-electron chi connectivity index (χ4n) is 3.07. The summed E-state index contributed by atoms with van der Waals surface area (Å²) < 4.78 is 72.8. The maximum atomic E-state index is 13.0. The van der Waals surface area contributed by atoms with Crippen LogP contribution < -0.4 is 13.8 Å². The zero-order chi connectivity index (χ0) is 21.1. The van der Waals surface area contributed by atoms with Crippen LogP contribution in [0.5, 0.6) is 5.75 Å². The number of sulfonamides is 2. The van der Waals surface area contributed by atoms with Gasteiger partial charge in [0.15, 0.2) is 0 Å². The van der Waals surface area contributed by atoms with Gasteiger partial charge in [-0.05, 0) is 55.7 Å². The first-order valence-corrected chi connectivity index (χ1v) is 12.3. The van der Waals surface area contributed by atoms with Crippen LogP contribution in [0, 0.1) is 5.82 Å². The standard InChI is InChI=1S/C19H23FN2O5S2/c1-2-27-18-10-9-17(22-11-3-4-12-28(22,23)24)13-19(18)29(25,26)21-14-15-5-7-16(20)8-6-15/h5-10,13,21H,2-4,11-12,14H2,1H3. The molecule has 1 heterocycles. The molecule has 2 aromatic rings. The number of hydrogen-bond acceptors (Lipinski definition) is 5. The summed E-state index contributed by atoms with van der Waals surface area (Å²) in [6.45, 7) is 2.24. The molecule has 0 spiro atoms. The second kappa shape index (κ2) is 8.68. The molecule has 0 radical (unpaired) electrons. The van der Waals surface area contributed by atoms with Gasteiger partial charge in [-0.25, -0.2) is 25.9 Å². The van der Waals surface area contributed by atoms with Crippen LogP contribution in [0.1, 0.15) is 25.3 Å². The highest BCUT2D eigenvalue weighted by atomic mass is 32.2. The molecule has 1 N–H and O–H groups in total. The molecular formula is C19H23FN2O5S2. The van der Waals surface area contributed by atoms with Crippen molar-refractivity contribution in [3.63, 3.8) is 0 Å². The topological polar surface area (TPSA) is 92.8 Å². The molecule has 0 atom stereocenters. The van der Waals surface area contributed by atoms with Crippen molar-refractivity contribution in [3.8, 4) is 5.75 Å². The van der Waals surface area contributed by atoms with Gasteiger partial charge in [0, 0.05) is 13.1 Å². The van der Waals surface area contributed by atoms with E-state index in [2.05, 4.69) is 4.72 Å². The third-order valence-corrected chi connectivity index (χ3v) is 7.83. The molecule has 0 amide bonds. The SMILES string of the molecule is CCOc1ccc(N2CCCCS2(=O)=O)cc1S(=O)(=O)NCc1ccc(F)cc1. The highest BCUT2D eigenvalue weighted by Crippen LogP contribution is 2.32. The molecule has 1 saturated heterocycles. The summed E-state index contributed by atoms with van der Waals surface area (Å²) >= 11 is 0. The Labute approximate surface area is 170 Å². The first-order valence-electron chi connectivity index (χ1n) is 9.24. The molecule has 158 valence electrons. The minimum atomic E-state index is -4.01. The van der Waals surface area contributed by atoms with Gasteiger partial charge >= 0.3 is 0 Å². The van der Waals surface area contributed by atoms with Crippen molar-refractivity contribution in [2.45, 2.75) is 31.2 Å². The zero-order valence-corrected chi connectivity index (χ0v) is 17.6. The predicted octanol–water partition coefficient (Wildman–Crippen LogP) is 2.63. The number of halogens is 1. The summed E-state index contributed by atoms with van der Waals surface area (Å²) in [7, 11) is -7.49. The number of anilines is 1. The van der Waals surface area contributed by atoms with Gasteiger partial charge in [-0.2, -0.15) is 0 Å². The van der Waals surface area contributed by atoms with Crippen molar-refractivity contribution in [1.29, 1.82) is 0 Å². The average Bonchev–Trinajstić information content (AvgIpc) is 2.68. The fourth-order valence-corrected chi connectivity index (χ4v) is 5.89. The quantitative estimate of drug-likeness (QED) is 0.712. The van der Waals surface area contributed by atoms with Crippen LogP contribution in [0.4, 0.5) is 10.1 Å². The van der Waals surface area contributed by atoms with E-state index >= 15 is 0 Å². The highest BCUT2D eigenvalue weighted by Gasteiger charge is 2.28. The predicted molar refractivity (Wildman–Crippen MR) is 108 cm³/mol. The highest BCUT2D eigenvalue weighted by molar-refractivity contribution is 7.92. The average molecular weight is 443 g/mol. The van der Waals surface area contributed by atoms with Gasteiger partial charge in [-0.1, -0.05) is 12.1 Å². The van der Waals surface area contributed by atoms with E-state index in [1.807, 2.05) is 0 Å². The van der Waals surface area contributed by atoms with E-state index in [0.717, 1.165) is 0 Å². The van der Waals surface area contributed by atoms with E-state index in [1.54, 1.807) is 13.0 Å². The minimum absolute atomic E-state index is 0.0328. The van der Waals surface area contributed by atoms with Crippen molar-refractivity contribution in [2.75, 3.05) is 23.2 Å². The Morgan fingerprint density at radius 1 is 1.14 bits per heavy atom. The first kappa shape index (κ1) is 21.5. The molecule has 1 fully saturated rings. The van der Waals surface area contributed by atoms with Gasteiger partial charge in [0.05, 0.1) is 18.0 Å². The molecule has 7 nitrogen and oxygen atoms in total. The lowest BCUT2D eigenvalue weighted by Crippen LogP contribution is -2.38. The van der Waals surface area contributed by atoms with Crippen LogP contribution in [0.2, 0.25) is 0 Å². The Balaban J connectivity index is 1.93. The molecule has 0 aromatic heterocycles. The molecule has 1 aliphatic heterocycles. The molecule has 1 aliphatic rings. The summed E-state index contributed by atoms with van der Waals surface area (Å²) in [5.41, 5.74) is 0.873. The monoisotopic (exact) mass is 442 g/mol. The fraction of sp³-hybridized carbons (Fsp3) is 0.368. The summed E-state index contributed by atoms with van der Waals surface area (Å²) in [5, 5.41) is 0. The summed E-state index contributed by atoms with van der Waals surface area (Å²) in [6.07, 6.45) is 1.29. The Morgan fingerprint density at radius 2 is 1.86 bits per heavy atom. The smallest absolute Gasteiger partial charge is 0.244 e. The van der Waals surface area contributed by atoms with E-state index in [0.29, 0.717) is 24.9 Å². The lowest BCUT2D eigenvalue weighted by molar-refractivity contribution is 0.331. The molecule has 0 aliphatic carbocycles. The number of rotatable bonds is 7. The van der Waals surface area contributed by atoms with Crippen LogP contribution >= 0.6 is 0 Å². The van der Waals surface area contributed by atoms with Gasteiger partial charge in [-0.3, -0.25) is 4.31 Å². The Morgan fingerprint density at radius 3 is 2.52 bits per heavy atom. The van der Waals surface area contributed by atoms with Crippen molar-refractivity contribution >= 4 is 25.7 Å². The van der Waals surface area contributed by atoms with E-state index < -0.39 is 25.9 Å². The second-order valence-corrected chi connectivity index (χ2v) is 10.4. The summed E-state index contributed by atoms with van der Waals surface area (Å²) in [5.74, 6) is -0.242. The van der Waals surface area contributed by atoms with Crippen molar-refractivity contribution < 1.29 is 26.0 Å². The van der Waals surface area contributed by atoms with Crippen LogP contribution in [0.15, 0.2) is 47.4 Å². The lowest BCUT2D eigenvalue weighted by atomic mass is 10.2. The Bertz CT molecular complexity index is 1070. The van der Waals surface area contributed by atoms with Crippen LogP contribution in [-0.2, 0) is 26.6 Å².